The molecule has 0 spiro atoms. The molecule has 2 heterocycles. The molecule has 2 rings (SSSR count). The molecule has 0 fully saturated rings. The molecule has 0 aromatic carbocycles. The van der Waals surface area contributed by atoms with Crippen molar-refractivity contribution in [2.45, 2.75) is 19.5 Å². The van der Waals surface area contributed by atoms with Crippen molar-refractivity contribution in [3.05, 3.63) is 53.5 Å². The van der Waals surface area contributed by atoms with E-state index in [0.717, 1.165) is 19.5 Å². The van der Waals surface area contributed by atoms with E-state index < -0.39 is 0 Å². The van der Waals surface area contributed by atoms with Gasteiger partial charge in [0.2, 0.25) is 0 Å². The molecule has 0 unspecified atom stereocenters. The fraction of sp³-hybridized carbons (Fsp3) is 0.273. The summed E-state index contributed by atoms with van der Waals surface area (Å²) in [5.74, 6) is 0. The van der Waals surface area contributed by atoms with Crippen LogP contribution in [-0.2, 0) is 13.1 Å². The summed E-state index contributed by atoms with van der Waals surface area (Å²) in [6.45, 7) is 1.87. The molecule has 0 aliphatic heterocycles. The third-order valence-corrected chi connectivity index (χ3v) is 2.25. The Balaban J connectivity index is 1.83. The van der Waals surface area contributed by atoms with Crippen LogP contribution in [0.4, 0.5) is 0 Å². The summed E-state index contributed by atoms with van der Waals surface area (Å²) in [6, 6.07) is 3.16. The van der Waals surface area contributed by atoms with Crippen molar-refractivity contribution in [1.29, 1.82) is 0 Å². The van der Waals surface area contributed by atoms with Crippen molar-refractivity contribution in [2.75, 3.05) is 0 Å². The van der Waals surface area contributed by atoms with Gasteiger partial charge in [0, 0.05) is 50.0 Å². The van der Waals surface area contributed by atoms with E-state index in [0.29, 0.717) is 0 Å². The zero-order valence-electron chi connectivity index (χ0n) is 8.41. The number of imidazole rings is 1. The molecular weight excluding hydrogens is 190 g/mol. The topological polar surface area (TPSA) is 39.8 Å². The van der Waals surface area contributed by atoms with Gasteiger partial charge in [0.1, 0.15) is 0 Å². The molecule has 0 bridgehead atoms. The van der Waals surface area contributed by atoms with E-state index in [4.69, 9.17) is 0 Å². The van der Waals surface area contributed by atoms with Gasteiger partial charge in [0.15, 0.2) is 5.43 Å². The zero-order chi connectivity index (χ0) is 10.5. The van der Waals surface area contributed by atoms with Crippen LogP contribution in [0.3, 0.4) is 0 Å². The Bertz CT molecular complexity index is 438. The molecule has 4 heteroatoms. The highest BCUT2D eigenvalue weighted by Crippen LogP contribution is 1.94. The van der Waals surface area contributed by atoms with Gasteiger partial charge < -0.3 is 9.13 Å². The lowest BCUT2D eigenvalue weighted by Gasteiger charge is -2.05. The summed E-state index contributed by atoms with van der Waals surface area (Å²) in [4.78, 5) is 14.8. The van der Waals surface area contributed by atoms with Gasteiger partial charge >= 0.3 is 0 Å². The summed E-state index contributed by atoms with van der Waals surface area (Å²) in [5, 5.41) is 0. The molecule has 15 heavy (non-hydrogen) atoms. The summed E-state index contributed by atoms with van der Waals surface area (Å²) < 4.78 is 4.06. The van der Waals surface area contributed by atoms with Gasteiger partial charge in [0.05, 0.1) is 6.33 Å². The number of pyridine rings is 1. The Morgan fingerprint density at radius 1 is 1.07 bits per heavy atom. The van der Waals surface area contributed by atoms with E-state index in [1.165, 1.54) is 0 Å². The SMILES string of the molecule is O=c1ccn(CCCn2ccnc2)cc1. The molecule has 0 atom stereocenters. The van der Waals surface area contributed by atoms with Gasteiger partial charge in [-0.1, -0.05) is 0 Å². The van der Waals surface area contributed by atoms with E-state index in [9.17, 15) is 4.79 Å². The van der Waals surface area contributed by atoms with Crippen LogP contribution < -0.4 is 5.43 Å². The van der Waals surface area contributed by atoms with Crippen LogP contribution in [0.15, 0.2) is 48.0 Å². The molecular formula is C11H13N3O. The Morgan fingerprint density at radius 3 is 2.47 bits per heavy atom. The van der Waals surface area contributed by atoms with Gasteiger partial charge in [-0.3, -0.25) is 4.79 Å². The lowest BCUT2D eigenvalue weighted by atomic mass is 10.4. The van der Waals surface area contributed by atoms with Gasteiger partial charge in [0.25, 0.3) is 0 Å². The van der Waals surface area contributed by atoms with Crippen molar-refractivity contribution < 1.29 is 0 Å². The maximum absolute atomic E-state index is 10.9. The summed E-state index contributed by atoms with van der Waals surface area (Å²) >= 11 is 0. The second kappa shape index (κ2) is 4.59. The predicted molar refractivity (Wildman–Crippen MR) is 57.5 cm³/mol. The van der Waals surface area contributed by atoms with Crippen LogP contribution in [-0.4, -0.2) is 14.1 Å². The van der Waals surface area contributed by atoms with Crippen LogP contribution in [0, 0.1) is 0 Å². The van der Waals surface area contributed by atoms with Crippen LogP contribution in [0.25, 0.3) is 0 Å². The monoisotopic (exact) mass is 203 g/mol. The largest absolute Gasteiger partial charge is 0.354 e. The van der Waals surface area contributed by atoms with E-state index in [1.807, 2.05) is 34.1 Å². The third kappa shape index (κ3) is 2.80. The number of nitrogens with zero attached hydrogens (tertiary/aromatic N) is 3. The van der Waals surface area contributed by atoms with E-state index >= 15 is 0 Å². The molecule has 0 aliphatic carbocycles. The summed E-state index contributed by atoms with van der Waals surface area (Å²) in [7, 11) is 0. The van der Waals surface area contributed by atoms with E-state index in [-0.39, 0.29) is 5.43 Å². The van der Waals surface area contributed by atoms with Gasteiger partial charge in [-0.2, -0.15) is 0 Å². The standard InChI is InChI=1S/C11H13N3O/c15-11-2-7-13(8-3-11)5-1-6-14-9-4-12-10-14/h2-4,7-10H,1,5-6H2. The molecule has 2 aromatic heterocycles. The average molecular weight is 203 g/mol. The number of aryl methyl sites for hydroxylation is 2. The minimum atomic E-state index is 0.0564. The number of hydrogen-bond donors (Lipinski definition) is 0. The molecule has 0 saturated carbocycles. The van der Waals surface area contributed by atoms with Crippen LogP contribution >= 0.6 is 0 Å². The minimum Gasteiger partial charge on any atom is -0.354 e. The Morgan fingerprint density at radius 2 is 1.80 bits per heavy atom. The lowest BCUT2D eigenvalue weighted by Crippen LogP contribution is -2.06. The molecule has 78 valence electrons. The first-order valence-corrected chi connectivity index (χ1v) is 4.96. The van der Waals surface area contributed by atoms with E-state index in [2.05, 4.69) is 4.98 Å². The first kappa shape index (κ1) is 9.71. The first-order valence-electron chi connectivity index (χ1n) is 4.96. The number of aromatic nitrogens is 3. The fourth-order valence-corrected chi connectivity index (χ4v) is 1.45. The van der Waals surface area contributed by atoms with Crippen LogP contribution in [0.1, 0.15) is 6.42 Å². The molecule has 0 radical (unpaired) electrons. The van der Waals surface area contributed by atoms with Crippen molar-refractivity contribution in [3.63, 3.8) is 0 Å². The number of rotatable bonds is 4. The van der Waals surface area contributed by atoms with Crippen molar-refractivity contribution in [1.82, 2.24) is 14.1 Å². The highest BCUT2D eigenvalue weighted by molar-refractivity contribution is 4.93. The minimum absolute atomic E-state index is 0.0564. The average Bonchev–Trinajstić information content (AvgIpc) is 2.74. The predicted octanol–water partition coefficient (Wildman–Crippen LogP) is 1.14. The molecule has 0 saturated heterocycles. The second-order valence-corrected chi connectivity index (χ2v) is 3.43. The maximum atomic E-state index is 10.9. The molecule has 2 aromatic rings. The number of hydrogen-bond acceptors (Lipinski definition) is 2. The third-order valence-electron chi connectivity index (χ3n) is 2.25. The Labute approximate surface area is 87.8 Å². The maximum Gasteiger partial charge on any atom is 0.181 e. The van der Waals surface area contributed by atoms with Crippen LogP contribution in [0.5, 0.6) is 0 Å². The normalized spacial score (nSPS) is 10.4. The quantitative estimate of drug-likeness (QED) is 0.747. The summed E-state index contributed by atoms with van der Waals surface area (Å²) in [6.07, 6.45) is 10.2. The molecule has 0 amide bonds. The highest BCUT2D eigenvalue weighted by Gasteiger charge is 1.91. The van der Waals surface area contributed by atoms with Gasteiger partial charge in [-0.15, -0.1) is 0 Å². The van der Waals surface area contributed by atoms with Crippen LogP contribution in [0.2, 0.25) is 0 Å². The molecule has 0 aliphatic rings. The first-order chi connectivity index (χ1) is 7.34. The van der Waals surface area contributed by atoms with Gasteiger partial charge in [-0.25, -0.2) is 4.98 Å². The highest BCUT2D eigenvalue weighted by atomic mass is 16.1. The van der Waals surface area contributed by atoms with Gasteiger partial charge in [-0.05, 0) is 6.42 Å². The van der Waals surface area contributed by atoms with Crippen molar-refractivity contribution >= 4 is 0 Å². The molecule has 4 nitrogen and oxygen atoms in total. The fourth-order valence-electron chi connectivity index (χ4n) is 1.45. The summed E-state index contributed by atoms with van der Waals surface area (Å²) in [5.41, 5.74) is 0.0564. The van der Waals surface area contributed by atoms with Crippen molar-refractivity contribution in [3.8, 4) is 0 Å². The van der Waals surface area contributed by atoms with E-state index in [1.54, 1.807) is 18.3 Å². The second-order valence-electron chi connectivity index (χ2n) is 3.43. The van der Waals surface area contributed by atoms with Crippen molar-refractivity contribution in [2.24, 2.45) is 0 Å². The zero-order valence-corrected chi connectivity index (χ0v) is 8.41. The lowest BCUT2D eigenvalue weighted by molar-refractivity contribution is 0.561. The molecule has 0 N–H and O–H groups in total. The Kier molecular flexibility index (Phi) is 2.97. The Hall–Kier alpha value is -1.84. The smallest absolute Gasteiger partial charge is 0.181 e.